The molecule has 5 nitrogen and oxygen atoms in total. The minimum atomic E-state index is -1.03. The zero-order chi connectivity index (χ0) is 19.4. The van der Waals surface area contributed by atoms with E-state index < -0.39 is 5.60 Å². The molecule has 1 atom stereocenters. The number of anilines is 1. The lowest BCUT2D eigenvalue weighted by molar-refractivity contribution is -0.128. The monoisotopic (exact) mass is 407 g/mol. The van der Waals surface area contributed by atoms with Gasteiger partial charge in [-0.1, -0.05) is 18.5 Å². The largest absolute Gasteiger partial charge is 0.478 e. The highest BCUT2D eigenvalue weighted by molar-refractivity contribution is 7.13. The van der Waals surface area contributed by atoms with E-state index >= 15 is 0 Å². The molecule has 1 amide bonds. The molecule has 27 heavy (non-hydrogen) atoms. The highest BCUT2D eigenvalue weighted by Gasteiger charge is 2.31. The first-order valence-corrected chi connectivity index (χ1v) is 10.5. The maximum Gasteiger partial charge on any atom is 0.269 e. The van der Waals surface area contributed by atoms with E-state index in [-0.39, 0.29) is 5.91 Å². The van der Waals surface area contributed by atoms with E-state index in [9.17, 15) is 4.79 Å². The fourth-order valence-corrected chi connectivity index (χ4v) is 4.01. The number of piperidine rings is 1. The van der Waals surface area contributed by atoms with Crippen LogP contribution in [0.1, 0.15) is 39.3 Å². The van der Waals surface area contributed by atoms with Gasteiger partial charge >= 0.3 is 0 Å². The molecule has 0 spiro atoms. The van der Waals surface area contributed by atoms with E-state index in [1.807, 2.05) is 5.38 Å². The van der Waals surface area contributed by atoms with E-state index in [0.29, 0.717) is 15.9 Å². The van der Waals surface area contributed by atoms with Crippen molar-refractivity contribution in [1.82, 2.24) is 9.88 Å². The van der Waals surface area contributed by atoms with Gasteiger partial charge in [-0.25, -0.2) is 4.98 Å². The third-order valence-electron chi connectivity index (χ3n) is 4.63. The fraction of sp³-hybridized carbons (Fsp3) is 0.500. The molecule has 7 heteroatoms. The molecule has 2 aromatic rings. The van der Waals surface area contributed by atoms with Gasteiger partial charge < -0.3 is 4.74 Å². The van der Waals surface area contributed by atoms with E-state index in [0.717, 1.165) is 31.2 Å². The number of carbonyl (C=O) groups is 1. The Kier molecular flexibility index (Phi) is 6.40. The summed E-state index contributed by atoms with van der Waals surface area (Å²) in [6.45, 7) is 8.83. The van der Waals surface area contributed by atoms with Crippen LogP contribution in [0, 0.1) is 5.92 Å². The molecular formula is C20H26ClN3O2S. The predicted octanol–water partition coefficient (Wildman–Crippen LogP) is 4.82. The Morgan fingerprint density at radius 3 is 2.85 bits per heavy atom. The summed E-state index contributed by atoms with van der Waals surface area (Å²) in [6, 6.07) is 6.97. The van der Waals surface area contributed by atoms with Crippen LogP contribution in [0.4, 0.5) is 5.13 Å². The van der Waals surface area contributed by atoms with E-state index in [4.69, 9.17) is 16.3 Å². The summed E-state index contributed by atoms with van der Waals surface area (Å²) in [6.07, 6.45) is 2.54. The summed E-state index contributed by atoms with van der Waals surface area (Å²) >= 11 is 7.34. The Bertz CT molecular complexity index is 776. The van der Waals surface area contributed by atoms with E-state index in [1.54, 1.807) is 38.1 Å². The number of carbonyl (C=O) groups excluding carboxylic acids is 1. The third kappa shape index (κ3) is 5.67. The molecule has 0 radical (unpaired) electrons. The standard InChI is InChI=1S/C20H26ClN3O2S/c1-14-5-4-10-24(11-14)12-16-13-27-19(22-16)23-18(25)20(2,3)26-17-8-6-15(21)7-9-17/h6-9,13-14H,4-5,10-12H2,1-3H3,(H,22,23,25). The lowest BCUT2D eigenvalue weighted by Crippen LogP contribution is -2.42. The number of aromatic nitrogens is 1. The molecule has 1 aliphatic heterocycles. The number of ether oxygens (including phenoxy) is 1. The van der Waals surface area contributed by atoms with Crippen molar-refractivity contribution in [2.45, 2.75) is 45.8 Å². The smallest absolute Gasteiger partial charge is 0.269 e. The van der Waals surface area contributed by atoms with Gasteiger partial charge in [-0.05, 0) is 63.4 Å². The van der Waals surface area contributed by atoms with Gasteiger partial charge in [-0.3, -0.25) is 15.0 Å². The van der Waals surface area contributed by atoms with Crippen LogP contribution < -0.4 is 10.1 Å². The lowest BCUT2D eigenvalue weighted by atomic mass is 10.0. The summed E-state index contributed by atoms with van der Waals surface area (Å²) in [7, 11) is 0. The number of nitrogens with zero attached hydrogens (tertiary/aromatic N) is 2. The van der Waals surface area contributed by atoms with Crippen LogP contribution in [-0.4, -0.2) is 34.5 Å². The first-order chi connectivity index (χ1) is 12.8. The number of thiazole rings is 1. The van der Waals surface area contributed by atoms with Crippen molar-refractivity contribution in [2.24, 2.45) is 5.92 Å². The molecule has 0 aliphatic carbocycles. The summed E-state index contributed by atoms with van der Waals surface area (Å²) < 4.78 is 5.83. The highest BCUT2D eigenvalue weighted by atomic mass is 35.5. The molecule has 1 N–H and O–H groups in total. The topological polar surface area (TPSA) is 54.5 Å². The number of amides is 1. The number of likely N-dealkylation sites (tertiary alicyclic amines) is 1. The lowest BCUT2D eigenvalue weighted by Gasteiger charge is -2.30. The Balaban J connectivity index is 1.57. The van der Waals surface area contributed by atoms with Gasteiger partial charge in [0.25, 0.3) is 5.91 Å². The van der Waals surface area contributed by atoms with Gasteiger partial charge in [-0.2, -0.15) is 0 Å². The molecule has 0 saturated carbocycles. The second kappa shape index (κ2) is 8.59. The van der Waals surface area contributed by atoms with Crippen LogP contribution in [0.25, 0.3) is 0 Å². The first kappa shape index (κ1) is 20.1. The van der Waals surface area contributed by atoms with Crippen LogP contribution in [0.3, 0.4) is 0 Å². The second-order valence-electron chi connectivity index (χ2n) is 7.65. The summed E-state index contributed by atoms with van der Waals surface area (Å²) in [5.74, 6) is 1.10. The fourth-order valence-electron chi connectivity index (χ4n) is 3.19. The van der Waals surface area contributed by atoms with Crippen LogP contribution in [0.15, 0.2) is 29.6 Å². The highest BCUT2D eigenvalue weighted by Crippen LogP contribution is 2.24. The van der Waals surface area contributed by atoms with Crippen LogP contribution >= 0.6 is 22.9 Å². The summed E-state index contributed by atoms with van der Waals surface area (Å²) in [5.41, 5.74) is -0.0251. The number of rotatable bonds is 6. The maximum absolute atomic E-state index is 12.6. The van der Waals surface area contributed by atoms with Crippen LogP contribution in [-0.2, 0) is 11.3 Å². The Labute approximate surface area is 169 Å². The van der Waals surface area contributed by atoms with Crippen molar-refractivity contribution in [1.29, 1.82) is 0 Å². The summed E-state index contributed by atoms with van der Waals surface area (Å²) in [4.78, 5) is 19.6. The maximum atomic E-state index is 12.6. The van der Waals surface area contributed by atoms with E-state index in [1.165, 1.54) is 24.2 Å². The zero-order valence-electron chi connectivity index (χ0n) is 16.0. The summed E-state index contributed by atoms with van der Waals surface area (Å²) in [5, 5.41) is 6.13. The van der Waals surface area contributed by atoms with Gasteiger partial charge in [0.15, 0.2) is 10.7 Å². The van der Waals surface area contributed by atoms with Crippen molar-refractivity contribution in [3.05, 3.63) is 40.4 Å². The normalized spacial score (nSPS) is 18.3. The zero-order valence-corrected chi connectivity index (χ0v) is 17.6. The molecule has 1 unspecified atom stereocenters. The molecule has 146 valence electrons. The molecular weight excluding hydrogens is 382 g/mol. The minimum Gasteiger partial charge on any atom is -0.478 e. The molecule has 0 bridgehead atoms. The predicted molar refractivity (Wildman–Crippen MR) is 111 cm³/mol. The molecule has 1 aromatic heterocycles. The van der Waals surface area contributed by atoms with E-state index in [2.05, 4.69) is 22.1 Å². The average molecular weight is 408 g/mol. The van der Waals surface area contributed by atoms with Crippen molar-refractivity contribution in [3.63, 3.8) is 0 Å². The van der Waals surface area contributed by atoms with Crippen molar-refractivity contribution >= 4 is 34.0 Å². The van der Waals surface area contributed by atoms with Crippen molar-refractivity contribution < 1.29 is 9.53 Å². The van der Waals surface area contributed by atoms with Gasteiger partial charge in [0.05, 0.1) is 5.69 Å². The average Bonchev–Trinajstić information content (AvgIpc) is 3.03. The molecule has 1 aliphatic rings. The van der Waals surface area contributed by atoms with Crippen molar-refractivity contribution in [3.8, 4) is 5.75 Å². The number of benzene rings is 1. The molecule has 1 fully saturated rings. The first-order valence-electron chi connectivity index (χ1n) is 9.24. The Morgan fingerprint density at radius 1 is 1.41 bits per heavy atom. The SMILES string of the molecule is CC1CCCN(Cc2csc(NC(=O)C(C)(C)Oc3ccc(Cl)cc3)n2)C1. The molecule has 1 aromatic carbocycles. The van der Waals surface area contributed by atoms with Gasteiger partial charge in [0.2, 0.25) is 0 Å². The number of halogens is 1. The van der Waals surface area contributed by atoms with Crippen LogP contribution in [0.2, 0.25) is 5.02 Å². The molecule has 3 rings (SSSR count). The number of hydrogen-bond acceptors (Lipinski definition) is 5. The third-order valence-corrected chi connectivity index (χ3v) is 5.69. The van der Waals surface area contributed by atoms with Gasteiger partial charge in [0.1, 0.15) is 5.75 Å². The number of nitrogens with one attached hydrogen (secondary N) is 1. The molecule has 2 heterocycles. The quantitative estimate of drug-likeness (QED) is 0.745. The Morgan fingerprint density at radius 2 is 2.15 bits per heavy atom. The minimum absolute atomic E-state index is 0.232. The van der Waals surface area contributed by atoms with Gasteiger partial charge in [-0.15, -0.1) is 11.3 Å². The van der Waals surface area contributed by atoms with Crippen molar-refractivity contribution in [2.75, 3.05) is 18.4 Å². The molecule has 1 saturated heterocycles. The van der Waals surface area contributed by atoms with Crippen LogP contribution in [0.5, 0.6) is 5.75 Å². The van der Waals surface area contributed by atoms with Gasteiger partial charge in [0, 0.05) is 23.5 Å². The second-order valence-corrected chi connectivity index (χ2v) is 8.94. The number of hydrogen-bond donors (Lipinski definition) is 1. The Hall–Kier alpha value is -1.63.